The van der Waals surface area contributed by atoms with Gasteiger partial charge in [-0.1, -0.05) is 54.6 Å². The molecule has 0 spiro atoms. The zero-order valence-electron chi connectivity index (χ0n) is 17.4. The Morgan fingerprint density at radius 1 is 0.938 bits per heavy atom. The molecule has 0 atom stereocenters. The summed E-state index contributed by atoms with van der Waals surface area (Å²) in [5.74, 6) is -0.510. The largest absolute Gasteiger partial charge is 0.466 e. The molecule has 0 N–H and O–H groups in total. The van der Waals surface area contributed by atoms with Gasteiger partial charge in [0.15, 0.2) is 0 Å². The Hall–Kier alpha value is -4.19. The fourth-order valence-electron chi connectivity index (χ4n) is 4.16. The normalized spacial score (nSPS) is 12.5. The molecule has 0 fully saturated rings. The lowest BCUT2D eigenvalue weighted by Crippen LogP contribution is -2.40. The number of hydrogen-bond donors (Lipinski definition) is 0. The number of methoxy groups -OCH3 is 1. The van der Waals surface area contributed by atoms with Gasteiger partial charge >= 0.3 is 11.7 Å². The van der Waals surface area contributed by atoms with Crippen molar-refractivity contribution < 1.29 is 9.53 Å². The first-order chi connectivity index (χ1) is 15.5. The molecule has 2 heterocycles. The van der Waals surface area contributed by atoms with Crippen LogP contribution in [-0.4, -0.2) is 22.2 Å². The number of benzene rings is 3. The number of ether oxygens (including phenoxy) is 1. The van der Waals surface area contributed by atoms with E-state index in [0.717, 1.165) is 27.5 Å². The lowest BCUT2D eigenvalue weighted by atomic mass is 9.98. The molecule has 0 unspecified atom stereocenters. The highest BCUT2D eigenvalue weighted by molar-refractivity contribution is 5.98. The second kappa shape index (κ2) is 7.81. The van der Waals surface area contributed by atoms with Gasteiger partial charge in [0, 0.05) is 11.6 Å². The van der Waals surface area contributed by atoms with Crippen molar-refractivity contribution in [1.82, 2.24) is 9.13 Å². The number of carbonyl (C=O) groups excluding carboxylic acids is 1. The van der Waals surface area contributed by atoms with Gasteiger partial charge in [0.05, 0.1) is 31.5 Å². The second-order valence-corrected chi connectivity index (χ2v) is 7.76. The fraction of sp³-hybridized carbons (Fsp3) is 0.115. The molecule has 6 nitrogen and oxygen atoms in total. The number of nitrogens with zero attached hydrogens (tertiary/aromatic N) is 2. The van der Waals surface area contributed by atoms with Crippen LogP contribution in [0.25, 0.3) is 28.1 Å². The van der Waals surface area contributed by atoms with E-state index in [4.69, 9.17) is 4.74 Å². The maximum absolute atomic E-state index is 13.5. The maximum Gasteiger partial charge on any atom is 0.335 e. The number of fused-ring (bicyclic) bond motifs is 4. The molecule has 1 aromatic heterocycles. The average Bonchev–Trinajstić information content (AvgIpc) is 2.97. The van der Waals surface area contributed by atoms with Crippen molar-refractivity contribution in [3.05, 3.63) is 110 Å². The minimum Gasteiger partial charge on any atom is -0.466 e. The molecule has 0 saturated carbocycles. The van der Waals surface area contributed by atoms with Crippen LogP contribution in [-0.2, 0) is 22.6 Å². The van der Waals surface area contributed by atoms with Gasteiger partial charge in [-0.05, 0) is 40.1 Å². The van der Waals surface area contributed by atoms with Crippen LogP contribution in [0.5, 0.6) is 0 Å². The van der Waals surface area contributed by atoms with Crippen molar-refractivity contribution >= 4 is 22.8 Å². The van der Waals surface area contributed by atoms with Gasteiger partial charge in [0.25, 0.3) is 5.56 Å². The van der Waals surface area contributed by atoms with E-state index in [0.29, 0.717) is 11.3 Å². The van der Waals surface area contributed by atoms with Crippen molar-refractivity contribution in [3.63, 3.8) is 0 Å². The van der Waals surface area contributed by atoms with Gasteiger partial charge in [-0.15, -0.1) is 0 Å². The zero-order chi connectivity index (χ0) is 22.2. The van der Waals surface area contributed by atoms with Crippen LogP contribution in [0, 0.1) is 0 Å². The third-order valence-corrected chi connectivity index (χ3v) is 5.76. The highest BCUT2D eigenvalue weighted by Gasteiger charge is 2.23. The number of aromatic nitrogens is 2. The maximum atomic E-state index is 13.5. The van der Waals surface area contributed by atoms with Crippen molar-refractivity contribution in [1.29, 1.82) is 0 Å². The van der Waals surface area contributed by atoms with E-state index in [1.54, 1.807) is 6.08 Å². The van der Waals surface area contributed by atoms with Crippen LogP contribution in [0.15, 0.2) is 88.0 Å². The molecule has 1 aliphatic heterocycles. The first-order valence-corrected chi connectivity index (χ1v) is 10.3. The van der Waals surface area contributed by atoms with E-state index in [2.05, 4.69) is 0 Å². The summed E-state index contributed by atoms with van der Waals surface area (Å²) in [5.41, 5.74) is 2.31. The molecular weight excluding hydrogens is 404 g/mol. The minimum absolute atomic E-state index is 0.0148. The Morgan fingerprint density at radius 3 is 2.34 bits per heavy atom. The Balaban J connectivity index is 1.78. The Morgan fingerprint density at radius 2 is 1.62 bits per heavy atom. The summed E-state index contributed by atoms with van der Waals surface area (Å²) in [4.78, 5) is 39.0. The molecule has 0 bridgehead atoms. The smallest absolute Gasteiger partial charge is 0.335 e. The number of rotatable bonds is 3. The van der Waals surface area contributed by atoms with E-state index in [1.807, 2.05) is 66.7 Å². The summed E-state index contributed by atoms with van der Waals surface area (Å²) >= 11 is 0. The molecule has 1 aliphatic rings. The van der Waals surface area contributed by atoms with Gasteiger partial charge in [0.1, 0.15) is 0 Å². The molecule has 0 aliphatic carbocycles. The Labute approximate surface area is 183 Å². The third-order valence-electron chi connectivity index (χ3n) is 5.76. The summed E-state index contributed by atoms with van der Waals surface area (Å²) in [7, 11) is 1.31. The quantitative estimate of drug-likeness (QED) is 0.473. The van der Waals surface area contributed by atoms with Crippen LogP contribution in [0.2, 0.25) is 0 Å². The summed E-state index contributed by atoms with van der Waals surface area (Å²) in [5, 5.41) is 1.98. The first kappa shape index (κ1) is 19.8. The summed E-state index contributed by atoms with van der Waals surface area (Å²) in [6.07, 6.45) is 1.74. The van der Waals surface area contributed by atoms with Crippen molar-refractivity contribution in [2.24, 2.45) is 0 Å². The number of esters is 1. The Kier molecular flexibility index (Phi) is 4.82. The average molecular weight is 424 g/mol. The topological polar surface area (TPSA) is 70.3 Å². The molecule has 6 heteroatoms. The predicted molar refractivity (Wildman–Crippen MR) is 123 cm³/mol. The van der Waals surface area contributed by atoms with Crippen LogP contribution in [0.3, 0.4) is 0 Å². The molecule has 4 aromatic rings. The van der Waals surface area contributed by atoms with E-state index < -0.39 is 11.7 Å². The van der Waals surface area contributed by atoms with Crippen LogP contribution >= 0.6 is 0 Å². The molecule has 3 aromatic carbocycles. The van der Waals surface area contributed by atoms with Crippen LogP contribution in [0.1, 0.15) is 11.1 Å². The minimum atomic E-state index is -0.510. The zero-order valence-corrected chi connectivity index (χ0v) is 17.4. The monoisotopic (exact) mass is 424 g/mol. The summed E-state index contributed by atoms with van der Waals surface area (Å²) < 4.78 is 7.64. The molecule has 0 amide bonds. The molecule has 158 valence electrons. The highest BCUT2D eigenvalue weighted by Crippen LogP contribution is 2.32. The molecular formula is C26H20N2O4. The van der Waals surface area contributed by atoms with E-state index >= 15 is 0 Å². The lowest BCUT2D eigenvalue weighted by molar-refractivity contribution is -0.136. The first-order valence-electron chi connectivity index (χ1n) is 10.3. The van der Waals surface area contributed by atoms with E-state index in [9.17, 15) is 14.4 Å². The van der Waals surface area contributed by atoms with Gasteiger partial charge in [-0.3, -0.25) is 13.9 Å². The summed E-state index contributed by atoms with van der Waals surface area (Å²) in [6, 6.07) is 22.6. The molecule has 5 rings (SSSR count). The van der Waals surface area contributed by atoms with Crippen molar-refractivity contribution in [2.45, 2.75) is 13.1 Å². The van der Waals surface area contributed by atoms with Gasteiger partial charge in [0.2, 0.25) is 0 Å². The SMILES string of the molecule is COC(=O)C1=Cc2cc3ccccc3cc2-c2cc(=O)n(Cc3ccccc3)c(=O)n2C1. The molecule has 32 heavy (non-hydrogen) atoms. The third kappa shape index (κ3) is 3.36. The van der Waals surface area contributed by atoms with Crippen LogP contribution in [0.4, 0.5) is 0 Å². The molecule has 0 radical (unpaired) electrons. The van der Waals surface area contributed by atoms with Crippen molar-refractivity contribution in [3.8, 4) is 11.3 Å². The highest BCUT2D eigenvalue weighted by atomic mass is 16.5. The van der Waals surface area contributed by atoms with E-state index in [1.165, 1.54) is 22.3 Å². The number of carbonyl (C=O) groups is 1. The van der Waals surface area contributed by atoms with Gasteiger partial charge in [-0.2, -0.15) is 0 Å². The lowest BCUT2D eigenvalue weighted by Gasteiger charge is -2.15. The molecule has 0 saturated heterocycles. The van der Waals surface area contributed by atoms with Gasteiger partial charge in [-0.25, -0.2) is 9.59 Å². The van der Waals surface area contributed by atoms with E-state index in [-0.39, 0.29) is 18.6 Å². The predicted octanol–water partition coefficient (Wildman–Crippen LogP) is 3.45. The standard InChI is InChI=1S/C26H20N2O4/c1-32-25(30)21-12-20-11-18-9-5-6-10-19(18)13-22(20)23-14-24(29)28(26(31)27(23)16-21)15-17-7-3-2-4-8-17/h2-14H,15-16H2,1H3. The summed E-state index contributed by atoms with van der Waals surface area (Å²) in [6.45, 7) is 0.168. The van der Waals surface area contributed by atoms with Crippen molar-refractivity contribution in [2.75, 3.05) is 7.11 Å². The second-order valence-electron chi connectivity index (χ2n) is 7.76. The van der Waals surface area contributed by atoms with Crippen LogP contribution < -0.4 is 11.2 Å². The number of hydrogen-bond acceptors (Lipinski definition) is 4. The fourth-order valence-corrected chi connectivity index (χ4v) is 4.16. The van der Waals surface area contributed by atoms with Gasteiger partial charge < -0.3 is 4.74 Å². The Bertz CT molecular complexity index is 1510.